The zero-order chi connectivity index (χ0) is 10.1. The maximum absolute atomic E-state index is 6.11. The Labute approximate surface area is 97.5 Å². The monoisotopic (exact) mass is 250 g/mol. The van der Waals surface area contributed by atoms with E-state index in [-0.39, 0.29) is 11.4 Å². The number of nitrogens with one attached hydrogen (secondary N) is 2. The molecule has 0 aromatic heterocycles. The van der Waals surface area contributed by atoms with Crippen LogP contribution in [0.5, 0.6) is 0 Å². The molecule has 5 heteroatoms. The summed E-state index contributed by atoms with van der Waals surface area (Å²) >= 11 is 18.1. The summed E-state index contributed by atoms with van der Waals surface area (Å²) in [4.78, 5) is 0. The van der Waals surface area contributed by atoms with Crippen LogP contribution in [0, 0.1) is 0 Å². The molecule has 1 aliphatic heterocycles. The van der Waals surface area contributed by atoms with E-state index in [1.807, 2.05) is 12.1 Å². The first-order valence-electron chi connectivity index (χ1n) is 4.26. The van der Waals surface area contributed by atoms with Crippen LogP contribution in [0.4, 0.5) is 0 Å². The summed E-state index contributed by atoms with van der Waals surface area (Å²) in [5.41, 5.74) is 6.98. The number of alkyl halides is 1. The Balaban J connectivity index is 2.36. The topological polar surface area (TPSA) is 24.1 Å². The minimum Gasteiger partial charge on any atom is -0.256 e. The predicted octanol–water partition coefficient (Wildman–Crippen LogP) is 2.75. The normalized spacial score (nSPS) is 26.8. The second kappa shape index (κ2) is 4.25. The van der Waals surface area contributed by atoms with Gasteiger partial charge in [-0.05, 0) is 11.6 Å². The first-order chi connectivity index (χ1) is 6.70. The summed E-state index contributed by atoms with van der Waals surface area (Å²) in [5.74, 6) is 0. The molecule has 76 valence electrons. The molecule has 0 spiro atoms. The molecule has 2 rings (SSSR count). The molecule has 1 saturated heterocycles. The number of hydrogen-bond acceptors (Lipinski definition) is 2. The Hall–Kier alpha value is 0.01000. The average Bonchev–Trinajstić information content (AvgIpc) is 2.57. The maximum Gasteiger partial charge on any atom is 0.0682 e. The molecular formula is C9H9Cl3N2. The fraction of sp³-hybridized carbons (Fsp3) is 0.333. The molecule has 0 aliphatic carbocycles. The molecule has 1 aromatic carbocycles. The van der Waals surface area contributed by atoms with Crippen LogP contribution in [-0.4, -0.2) is 11.9 Å². The quantitative estimate of drug-likeness (QED) is 0.750. The van der Waals surface area contributed by atoms with Crippen LogP contribution in [0.1, 0.15) is 11.6 Å². The maximum atomic E-state index is 6.11. The minimum absolute atomic E-state index is 0.00836. The summed E-state index contributed by atoms with van der Waals surface area (Å²) < 4.78 is 0. The standard InChI is InChI=1S/C9H9Cl3N2/c10-6-3-1-2-5(8(6)12)9-7(11)4-13-14-9/h1-3,7,9,13-14H,4H2. The van der Waals surface area contributed by atoms with Crippen molar-refractivity contribution in [3.8, 4) is 0 Å². The lowest BCUT2D eigenvalue weighted by atomic mass is 10.1. The third kappa shape index (κ3) is 1.86. The zero-order valence-corrected chi connectivity index (χ0v) is 9.50. The van der Waals surface area contributed by atoms with Crippen molar-refractivity contribution in [1.29, 1.82) is 0 Å². The highest BCUT2D eigenvalue weighted by Crippen LogP contribution is 2.33. The molecule has 2 N–H and O–H groups in total. The fourth-order valence-corrected chi connectivity index (χ4v) is 2.21. The van der Waals surface area contributed by atoms with Gasteiger partial charge in [0.25, 0.3) is 0 Å². The third-order valence-corrected chi connectivity index (χ3v) is 3.47. The fourth-order valence-electron chi connectivity index (χ4n) is 1.51. The van der Waals surface area contributed by atoms with Crippen molar-refractivity contribution in [3.05, 3.63) is 33.8 Å². The Kier molecular flexibility index (Phi) is 3.20. The van der Waals surface area contributed by atoms with Crippen molar-refractivity contribution >= 4 is 34.8 Å². The summed E-state index contributed by atoms with van der Waals surface area (Å²) in [6.07, 6.45) is 0. The van der Waals surface area contributed by atoms with Crippen LogP contribution in [0.2, 0.25) is 10.0 Å². The summed E-state index contributed by atoms with van der Waals surface area (Å²) in [6, 6.07) is 5.57. The number of benzene rings is 1. The van der Waals surface area contributed by atoms with Gasteiger partial charge in [-0.25, -0.2) is 5.43 Å². The van der Waals surface area contributed by atoms with Crippen molar-refractivity contribution in [2.45, 2.75) is 11.4 Å². The molecule has 14 heavy (non-hydrogen) atoms. The largest absolute Gasteiger partial charge is 0.256 e. The zero-order valence-electron chi connectivity index (χ0n) is 7.23. The van der Waals surface area contributed by atoms with Gasteiger partial charge in [-0.1, -0.05) is 35.3 Å². The van der Waals surface area contributed by atoms with Gasteiger partial charge in [0.2, 0.25) is 0 Å². The van der Waals surface area contributed by atoms with Gasteiger partial charge < -0.3 is 0 Å². The average molecular weight is 252 g/mol. The van der Waals surface area contributed by atoms with Gasteiger partial charge in [-0.15, -0.1) is 11.6 Å². The second-order valence-corrected chi connectivity index (χ2v) is 4.51. The van der Waals surface area contributed by atoms with Crippen molar-refractivity contribution in [3.63, 3.8) is 0 Å². The van der Waals surface area contributed by atoms with Gasteiger partial charge in [0.15, 0.2) is 0 Å². The van der Waals surface area contributed by atoms with Crippen LogP contribution in [0.3, 0.4) is 0 Å². The van der Waals surface area contributed by atoms with Gasteiger partial charge in [-0.2, -0.15) is 0 Å². The van der Waals surface area contributed by atoms with E-state index >= 15 is 0 Å². The van der Waals surface area contributed by atoms with Crippen molar-refractivity contribution in [2.75, 3.05) is 6.54 Å². The molecule has 1 fully saturated rings. The Morgan fingerprint density at radius 3 is 2.71 bits per heavy atom. The van der Waals surface area contributed by atoms with Crippen LogP contribution in [-0.2, 0) is 0 Å². The van der Waals surface area contributed by atoms with E-state index in [9.17, 15) is 0 Å². The number of halogens is 3. The molecule has 2 nitrogen and oxygen atoms in total. The highest BCUT2D eigenvalue weighted by molar-refractivity contribution is 6.42. The van der Waals surface area contributed by atoms with E-state index in [0.717, 1.165) is 12.1 Å². The summed E-state index contributed by atoms with van der Waals surface area (Å²) in [6.45, 7) is 0.717. The lowest BCUT2D eigenvalue weighted by Crippen LogP contribution is -2.25. The number of hydrazine groups is 1. The van der Waals surface area contributed by atoms with E-state index in [4.69, 9.17) is 34.8 Å². The van der Waals surface area contributed by atoms with E-state index < -0.39 is 0 Å². The Morgan fingerprint density at radius 1 is 1.29 bits per heavy atom. The predicted molar refractivity (Wildman–Crippen MR) is 60.0 cm³/mol. The van der Waals surface area contributed by atoms with Gasteiger partial charge in [0.1, 0.15) is 0 Å². The molecule has 0 amide bonds. The van der Waals surface area contributed by atoms with E-state index in [0.29, 0.717) is 10.0 Å². The van der Waals surface area contributed by atoms with Crippen LogP contribution in [0.15, 0.2) is 18.2 Å². The van der Waals surface area contributed by atoms with Crippen molar-refractivity contribution < 1.29 is 0 Å². The summed E-state index contributed by atoms with van der Waals surface area (Å²) in [7, 11) is 0. The second-order valence-electron chi connectivity index (χ2n) is 3.16. The molecule has 0 saturated carbocycles. The molecule has 2 atom stereocenters. The lowest BCUT2D eigenvalue weighted by Gasteiger charge is -2.15. The van der Waals surface area contributed by atoms with Gasteiger partial charge >= 0.3 is 0 Å². The minimum atomic E-state index is -0.00836. The number of hydrogen-bond donors (Lipinski definition) is 2. The highest BCUT2D eigenvalue weighted by atomic mass is 35.5. The highest BCUT2D eigenvalue weighted by Gasteiger charge is 2.28. The first kappa shape index (κ1) is 10.5. The lowest BCUT2D eigenvalue weighted by molar-refractivity contribution is 0.583. The van der Waals surface area contributed by atoms with Crippen LogP contribution < -0.4 is 10.9 Å². The molecular weight excluding hydrogens is 242 g/mol. The molecule has 1 heterocycles. The third-order valence-electron chi connectivity index (χ3n) is 2.23. The molecule has 1 aliphatic rings. The molecule has 2 unspecified atom stereocenters. The number of rotatable bonds is 1. The van der Waals surface area contributed by atoms with E-state index in [1.54, 1.807) is 6.07 Å². The summed E-state index contributed by atoms with van der Waals surface area (Å²) in [5, 5.41) is 1.12. The van der Waals surface area contributed by atoms with Crippen LogP contribution >= 0.6 is 34.8 Å². The van der Waals surface area contributed by atoms with Gasteiger partial charge in [0, 0.05) is 6.54 Å². The SMILES string of the molecule is Clc1cccc(C2NNCC2Cl)c1Cl. The molecule has 0 radical (unpaired) electrons. The molecule has 0 bridgehead atoms. The van der Waals surface area contributed by atoms with Gasteiger partial charge in [0.05, 0.1) is 21.5 Å². The van der Waals surface area contributed by atoms with Gasteiger partial charge in [-0.3, -0.25) is 5.43 Å². The first-order valence-corrected chi connectivity index (χ1v) is 5.46. The van der Waals surface area contributed by atoms with Crippen LogP contribution in [0.25, 0.3) is 0 Å². The Bertz CT molecular complexity index is 343. The molecule has 1 aromatic rings. The smallest absolute Gasteiger partial charge is 0.0682 e. The van der Waals surface area contributed by atoms with Crippen molar-refractivity contribution in [1.82, 2.24) is 10.9 Å². The Morgan fingerprint density at radius 2 is 2.07 bits per heavy atom. The van der Waals surface area contributed by atoms with E-state index in [1.165, 1.54) is 0 Å². The van der Waals surface area contributed by atoms with Crippen molar-refractivity contribution in [2.24, 2.45) is 0 Å². The van der Waals surface area contributed by atoms with E-state index in [2.05, 4.69) is 10.9 Å².